The summed E-state index contributed by atoms with van der Waals surface area (Å²) in [4.78, 5) is 19.7. The van der Waals surface area contributed by atoms with E-state index >= 15 is 0 Å². The van der Waals surface area contributed by atoms with Crippen molar-refractivity contribution in [3.8, 4) is 11.3 Å². The summed E-state index contributed by atoms with van der Waals surface area (Å²) in [5.41, 5.74) is 3.07. The number of benzene rings is 1. The van der Waals surface area contributed by atoms with Gasteiger partial charge in [-0.3, -0.25) is 4.79 Å². The zero-order valence-electron chi connectivity index (χ0n) is 15.1. The van der Waals surface area contributed by atoms with Gasteiger partial charge in [0.25, 0.3) is 12.0 Å². The first-order chi connectivity index (χ1) is 13.3. The van der Waals surface area contributed by atoms with Crippen molar-refractivity contribution < 1.29 is 17.6 Å². The second-order valence-corrected chi connectivity index (χ2v) is 6.37. The van der Waals surface area contributed by atoms with Gasteiger partial charge >= 0.3 is 0 Å². The van der Waals surface area contributed by atoms with Crippen LogP contribution in [-0.4, -0.2) is 14.5 Å². The molecule has 0 fully saturated rings. The molecule has 2 heterocycles. The molecular weight excluding hydrogens is 376 g/mol. The second-order valence-electron chi connectivity index (χ2n) is 6.37. The van der Waals surface area contributed by atoms with Crippen LogP contribution >= 0.6 is 0 Å². The Bertz CT molecular complexity index is 1080. The number of rotatable bonds is 6. The third-order valence-corrected chi connectivity index (χ3v) is 4.47. The zero-order chi connectivity index (χ0) is 20.4. The number of anilines is 1. The molecule has 0 amide bonds. The molecule has 0 saturated heterocycles. The van der Waals surface area contributed by atoms with E-state index in [0.717, 1.165) is 31.5 Å². The number of hydrogen-bond donors (Lipinski definition) is 1. The first-order valence-electron chi connectivity index (χ1n) is 8.77. The molecule has 9 heteroatoms. The third-order valence-electron chi connectivity index (χ3n) is 4.47. The molecule has 5 nitrogen and oxygen atoms in total. The molecule has 0 aliphatic rings. The Kier molecular flexibility index (Phi) is 5.62. The molecule has 0 unspecified atom stereocenters. The van der Waals surface area contributed by atoms with Gasteiger partial charge in [0.05, 0.1) is 16.6 Å². The molecular formula is C19H18F4N4O. The van der Waals surface area contributed by atoms with Gasteiger partial charge in [0.15, 0.2) is 11.6 Å². The number of fused-ring (bicyclic) bond motifs is 1. The smallest absolute Gasteiger partial charge is 0.267 e. The highest BCUT2D eigenvalue weighted by Crippen LogP contribution is 2.34. The van der Waals surface area contributed by atoms with E-state index in [1.54, 1.807) is 0 Å². The highest BCUT2D eigenvalue weighted by atomic mass is 19.3. The number of pyridine rings is 1. The average Bonchev–Trinajstić information content (AvgIpc) is 2.66. The Morgan fingerprint density at radius 3 is 2.64 bits per heavy atom. The van der Waals surface area contributed by atoms with E-state index in [0.29, 0.717) is 6.54 Å². The lowest BCUT2D eigenvalue weighted by Crippen LogP contribution is -2.21. The van der Waals surface area contributed by atoms with Crippen molar-refractivity contribution >= 4 is 16.7 Å². The molecule has 28 heavy (non-hydrogen) atoms. The van der Waals surface area contributed by atoms with Crippen LogP contribution in [0.25, 0.3) is 22.0 Å². The van der Waals surface area contributed by atoms with Gasteiger partial charge in [-0.1, -0.05) is 19.8 Å². The predicted molar refractivity (Wildman–Crippen MR) is 98.0 cm³/mol. The number of unbranched alkanes of at least 4 members (excludes halogenated alkanes) is 2. The van der Waals surface area contributed by atoms with Gasteiger partial charge in [-0.2, -0.15) is 0 Å². The normalized spacial score (nSPS) is 11.5. The second kappa shape index (κ2) is 7.95. The van der Waals surface area contributed by atoms with Crippen LogP contribution in [0.1, 0.15) is 38.2 Å². The highest BCUT2D eigenvalue weighted by molar-refractivity contribution is 5.87. The standard InChI is InChI=1S/C19H18F4N4O/c1-2-3-4-6-27-7-5-10-8-11(14(20)15(21)13(10)18(27)28)16-12(17(22)23)9-25-19(24)26-16/h5,7-9,17H,2-4,6H2,1H3,(H2,24,25,26). The minimum atomic E-state index is -3.01. The maximum absolute atomic E-state index is 14.8. The number of aryl methyl sites for hydroxylation is 1. The Morgan fingerprint density at radius 2 is 1.96 bits per heavy atom. The fourth-order valence-electron chi connectivity index (χ4n) is 3.04. The SMILES string of the molecule is CCCCCn1ccc2cc(-c3nc(N)ncc3C(F)F)c(F)c(F)c2c1=O. The fourth-order valence-corrected chi connectivity index (χ4v) is 3.04. The lowest BCUT2D eigenvalue weighted by Gasteiger charge is -2.12. The van der Waals surface area contributed by atoms with Crippen LogP contribution in [0.2, 0.25) is 0 Å². The Labute approximate surface area is 157 Å². The van der Waals surface area contributed by atoms with Gasteiger partial charge in [-0.05, 0) is 23.9 Å². The van der Waals surface area contributed by atoms with Crippen LogP contribution < -0.4 is 11.3 Å². The van der Waals surface area contributed by atoms with E-state index in [2.05, 4.69) is 9.97 Å². The average molecular weight is 394 g/mol. The van der Waals surface area contributed by atoms with E-state index in [1.165, 1.54) is 16.8 Å². The van der Waals surface area contributed by atoms with Crippen LogP contribution in [0.4, 0.5) is 23.5 Å². The van der Waals surface area contributed by atoms with Gasteiger partial charge < -0.3 is 10.3 Å². The van der Waals surface area contributed by atoms with Crippen LogP contribution in [-0.2, 0) is 6.54 Å². The van der Waals surface area contributed by atoms with Crippen molar-refractivity contribution in [2.75, 3.05) is 5.73 Å². The Morgan fingerprint density at radius 1 is 1.21 bits per heavy atom. The number of alkyl halides is 2. The minimum absolute atomic E-state index is 0.0861. The van der Waals surface area contributed by atoms with E-state index in [1.807, 2.05) is 6.92 Å². The lowest BCUT2D eigenvalue weighted by atomic mass is 10.0. The van der Waals surface area contributed by atoms with E-state index in [9.17, 15) is 22.4 Å². The highest BCUT2D eigenvalue weighted by Gasteiger charge is 2.24. The number of hydrogen-bond acceptors (Lipinski definition) is 4. The van der Waals surface area contributed by atoms with Crippen LogP contribution in [0.5, 0.6) is 0 Å². The molecule has 0 atom stereocenters. The number of nitrogen functional groups attached to an aromatic ring is 1. The third kappa shape index (κ3) is 3.56. The number of aromatic nitrogens is 3. The Hall–Kier alpha value is -2.97. The van der Waals surface area contributed by atoms with Gasteiger partial charge in [0.2, 0.25) is 5.95 Å². The molecule has 0 saturated carbocycles. The number of nitrogens with two attached hydrogens (primary N) is 1. The molecule has 0 radical (unpaired) electrons. The largest absolute Gasteiger partial charge is 0.368 e. The summed E-state index contributed by atoms with van der Waals surface area (Å²) in [6.45, 7) is 2.39. The predicted octanol–water partition coefficient (Wildman–Crippen LogP) is 4.45. The Balaban J connectivity index is 2.21. The summed E-state index contributed by atoms with van der Waals surface area (Å²) in [5.74, 6) is -3.19. The molecule has 3 rings (SSSR count). The molecule has 0 aliphatic heterocycles. The topological polar surface area (TPSA) is 73.8 Å². The zero-order valence-corrected chi connectivity index (χ0v) is 15.1. The minimum Gasteiger partial charge on any atom is -0.368 e. The molecule has 0 bridgehead atoms. The molecule has 0 spiro atoms. The van der Waals surface area contributed by atoms with Crippen molar-refractivity contribution in [3.05, 3.63) is 52.1 Å². The fraction of sp³-hybridized carbons (Fsp3) is 0.316. The summed E-state index contributed by atoms with van der Waals surface area (Å²) in [7, 11) is 0. The monoisotopic (exact) mass is 394 g/mol. The van der Waals surface area contributed by atoms with Gasteiger partial charge in [-0.25, -0.2) is 27.5 Å². The molecule has 2 N–H and O–H groups in total. The molecule has 3 aromatic rings. The molecule has 2 aromatic heterocycles. The van der Waals surface area contributed by atoms with Crippen molar-refractivity contribution in [2.24, 2.45) is 0 Å². The summed E-state index contributed by atoms with van der Waals surface area (Å²) >= 11 is 0. The van der Waals surface area contributed by atoms with Crippen LogP contribution in [0.3, 0.4) is 0 Å². The van der Waals surface area contributed by atoms with Crippen molar-refractivity contribution in [2.45, 2.75) is 39.2 Å². The first-order valence-corrected chi connectivity index (χ1v) is 8.77. The van der Waals surface area contributed by atoms with E-state index in [-0.39, 0.29) is 11.3 Å². The van der Waals surface area contributed by atoms with Gasteiger partial charge in [0, 0.05) is 24.5 Å². The summed E-state index contributed by atoms with van der Waals surface area (Å²) in [6.07, 6.45) is 1.80. The quantitative estimate of drug-likeness (QED) is 0.495. The maximum Gasteiger partial charge on any atom is 0.267 e. The van der Waals surface area contributed by atoms with Crippen molar-refractivity contribution in [3.63, 3.8) is 0 Å². The summed E-state index contributed by atoms with van der Waals surface area (Å²) in [6, 6.07) is 2.57. The molecule has 0 aliphatic carbocycles. The van der Waals surface area contributed by atoms with Crippen LogP contribution in [0.15, 0.2) is 29.3 Å². The summed E-state index contributed by atoms with van der Waals surface area (Å²) < 4.78 is 57.3. The first kappa shape index (κ1) is 19.8. The number of nitrogens with zero attached hydrogens (tertiary/aromatic N) is 3. The van der Waals surface area contributed by atoms with Crippen LogP contribution in [0, 0.1) is 11.6 Å². The number of halogens is 4. The van der Waals surface area contributed by atoms with Crippen molar-refractivity contribution in [1.82, 2.24) is 14.5 Å². The van der Waals surface area contributed by atoms with Gasteiger partial charge in [-0.15, -0.1) is 0 Å². The molecule has 1 aromatic carbocycles. The lowest BCUT2D eigenvalue weighted by molar-refractivity contribution is 0.151. The maximum atomic E-state index is 14.8. The molecule has 148 valence electrons. The van der Waals surface area contributed by atoms with E-state index in [4.69, 9.17) is 5.73 Å². The van der Waals surface area contributed by atoms with Crippen molar-refractivity contribution in [1.29, 1.82) is 0 Å². The summed E-state index contributed by atoms with van der Waals surface area (Å²) in [5, 5.41) is -0.344. The van der Waals surface area contributed by atoms with Gasteiger partial charge in [0.1, 0.15) is 0 Å². The van der Waals surface area contributed by atoms with E-state index < -0.39 is 45.8 Å².